The first-order chi connectivity index (χ1) is 16.9. The SMILES string of the molecule is CN1CCC(Sc2nnc3n2-c2ccc(Br)cc2C(c2ccccc2F)=N[C@H]3CCC(=O)O)CC1. The number of aliphatic carboxylic acids is 1. The quantitative estimate of drug-likeness (QED) is 0.453. The lowest BCUT2D eigenvalue weighted by Crippen LogP contribution is -2.31. The molecule has 10 heteroatoms. The number of hydrogen-bond acceptors (Lipinski definition) is 6. The van der Waals surface area contributed by atoms with Gasteiger partial charge < -0.3 is 10.0 Å². The number of rotatable bonds is 6. The summed E-state index contributed by atoms with van der Waals surface area (Å²) >= 11 is 5.26. The largest absolute Gasteiger partial charge is 0.481 e. The number of thioether (sulfide) groups is 1. The highest BCUT2D eigenvalue weighted by molar-refractivity contribution is 9.10. The molecule has 1 fully saturated rings. The molecule has 2 aliphatic heterocycles. The Morgan fingerprint density at radius 2 is 1.94 bits per heavy atom. The van der Waals surface area contributed by atoms with E-state index in [1.54, 1.807) is 30.0 Å². The molecule has 182 valence electrons. The van der Waals surface area contributed by atoms with Crippen LogP contribution in [-0.2, 0) is 4.79 Å². The lowest BCUT2D eigenvalue weighted by Gasteiger charge is -2.28. The molecule has 1 saturated heterocycles. The average Bonchev–Trinajstić information content (AvgIpc) is 3.18. The number of carboxylic acid groups (broad SMARTS) is 1. The Hall–Kier alpha value is -2.56. The minimum Gasteiger partial charge on any atom is -0.481 e. The van der Waals surface area contributed by atoms with Crippen LogP contribution in [-0.4, -0.2) is 61.8 Å². The number of piperidine rings is 1. The Balaban J connectivity index is 1.66. The van der Waals surface area contributed by atoms with E-state index in [2.05, 4.69) is 38.1 Å². The maximum Gasteiger partial charge on any atom is 0.303 e. The number of hydrogen-bond donors (Lipinski definition) is 1. The van der Waals surface area contributed by atoms with Crippen molar-refractivity contribution in [1.29, 1.82) is 0 Å². The fourth-order valence-electron chi connectivity index (χ4n) is 4.55. The number of fused-ring (bicyclic) bond motifs is 3. The van der Waals surface area contributed by atoms with E-state index >= 15 is 0 Å². The number of aromatic nitrogens is 3. The van der Waals surface area contributed by atoms with E-state index in [0.717, 1.165) is 46.8 Å². The number of benzene rings is 2. The van der Waals surface area contributed by atoms with Gasteiger partial charge in [0.1, 0.15) is 11.9 Å². The number of likely N-dealkylation sites (tertiary alicyclic amines) is 1. The standard InChI is InChI=1S/C25H25BrFN5O2S/c1-31-12-10-16(11-13-31)35-25-30-29-24-20(7-9-22(33)34)28-23(17-4-2-3-5-19(17)27)18-14-15(26)6-8-21(18)32(24)25/h2-6,8,14,16,20H,7,9-13H2,1H3,(H,33,34)/t20-/m0/s1. The molecule has 1 atom stereocenters. The van der Waals surface area contributed by atoms with Gasteiger partial charge in [-0.25, -0.2) is 4.39 Å². The zero-order valence-electron chi connectivity index (χ0n) is 19.2. The predicted octanol–water partition coefficient (Wildman–Crippen LogP) is 5.11. The highest BCUT2D eigenvalue weighted by atomic mass is 79.9. The fraction of sp³-hybridized carbons (Fsp3) is 0.360. The van der Waals surface area contributed by atoms with E-state index < -0.39 is 12.0 Å². The Morgan fingerprint density at radius 1 is 1.17 bits per heavy atom. The molecule has 7 nitrogen and oxygen atoms in total. The monoisotopic (exact) mass is 557 g/mol. The second-order valence-electron chi connectivity index (χ2n) is 8.86. The van der Waals surface area contributed by atoms with Crippen LogP contribution in [0.1, 0.15) is 48.7 Å². The molecule has 2 aromatic carbocycles. The maximum absolute atomic E-state index is 15.0. The van der Waals surface area contributed by atoms with Crippen molar-refractivity contribution in [2.24, 2.45) is 4.99 Å². The van der Waals surface area contributed by atoms with E-state index in [-0.39, 0.29) is 18.7 Å². The van der Waals surface area contributed by atoms with Crippen LogP contribution in [0.15, 0.2) is 57.1 Å². The van der Waals surface area contributed by atoms with Gasteiger partial charge in [0.05, 0.1) is 11.4 Å². The van der Waals surface area contributed by atoms with Crippen LogP contribution in [0, 0.1) is 5.82 Å². The van der Waals surface area contributed by atoms with Crippen LogP contribution in [0.2, 0.25) is 0 Å². The van der Waals surface area contributed by atoms with Crippen LogP contribution in [0.3, 0.4) is 0 Å². The number of carboxylic acids is 1. The Morgan fingerprint density at radius 3 is 2.69 bits per heavy atom. The lowest BCUT2D eigenvalue weighted by atomic mass is 10.00. The van der Waals surface area contributed by atoms with E-state index in [4.69, 9.17) is 4.99 Å². The molecule has 35 heavy (non-hydrogen) atoms. The highest BCUT2D eigenvalue weighted by Gasteiger charge is 2.31. The summed E-state index contributed by atoms with van der Waals surface area (Å²) < 4.78 is 17.8. The maximum atomic E-state index is 15.0. The van der Waals surface area contributed by atoms with E-state index in [1.807, 2.05) is 22.8 Å². The van der Waals surface area contributed by atoms with Crippen molar-refractivity contribution in [3.05, 3.63) is 69.7 Å². The summed E-state index contributed by atoms with van der Waals surface area (Å²) in [6.07, 6.45) is 2.26. The third kappa shape index (κ3) is 5.05. The molecular formula is C25H25BrFN5O2S. The number of halogens is 2. The van der Waals surface area contributed by atoms with Crippen molar-refractivity contribution in [1.82, 2.24) is 19.7 Å². The van der Waals surface area contributed by atoms with Gasteiger partial charge in [0, 0.05) is 27.3 Å². The van der Waals surface area contributed by atoms with Gasteiger partial charge in [-0.05, 0) is 69.7 Å². The summed E-state index contributed by atoms with van der Waals surface area (Å²) in [6, 6.07) is 11.8. The summed E-state index contributed by atoms with van der Waals surface area (Å²) in [6.45, 7) is 2.06. The zero-order valence-corrected chi connectivity index (χ0v) is 21.6. The second kappa shape index (κ2) is 10.2. The third-order valence-electron chi connectivity index (χ3n) is 6.39. The number of aliphatic imine (C=N–C) groups is 1. The molecule has 5 rings (SSSR count). The molecule has 0 bridgehead atoms. The normalized spacial score (nSPS) is 18.5. The number of nitrogens with zero attached hydrogens (tertiary/aromatic N) is 5. The first-order valence-electron chi connectivity index (χ1n) is 11.6. The minimum atomic E-state index is -0.913. The van der Waals surface area contributed by atoms with Crippen molar-refractivity contribution >= 4 is 39.4 Å². The predicted molar refractivity (Wildman–Crippen MR) is 137 cm³/mol. The van der Waals surface area contributed by atoms with Gasteiger partial charge in [0.2, 0.25) is 0 Å². The highest BCUT2D eigenvalue weighted by Crippen LogP contribution is 2.38. The Labute approximate surface area is 215 Å². The van der Waals surface area contributed by atoms with Crippen LogP contribution >= 0.6 is 27.7 Å². The molecule has 0 saturated carbocycles. The van der Waals surface area contributed by atoms with E-state index in [9.17, 15) is 14.3 Å². The van der Waals surface area contributed by atoms with E-state index in [0.29, 0.717) is 22.3 Å². The first-order valence-corrected chi connectivity index (χ1v) is 13.2. The van der Waals surface area contributed by atoms with Crippen molar-refractivity contribution < 1.29 is 14.3 Å². The molecule has 0 aliphatic carbocycles. The van der Waals surface area contributed by atoms with Gasteiger partial charge in [0.15, 0.2) is 11.0 Å². The van der Waals surface area contributed by atoms with Gasteiger partial charge in [-0.15, -0.1) is 10.2 Å². The molecular weight excluding hydrogens is 533 g/mol. The molecule has 1 N–H and O–H groups in total. The van der Waals surface area contributed by atoms with Gasteiger partial charge in [0.25, 0.3) is 0 Å². The van der Waals surface area contributed by atoms with Crippen molar-refractivity contribution in [2.75, 3.05) is 20.1 Å². The summed E-state index contributed by atoms with van der Waals surface area (Å²) in [5.41, 5.74) is 2.41. The average molecular weight is 558 g/mol. The van der Waals surface area contributed by atoms with Gasteiger partial charge in [-0.2, -0.15) is 0 Å². The summed E-state index contributed by atoms with van der Waals surface area (Å²) in [4.78, 5) is 18.7. The fourth-order valence-corrected chi connectivity index (χ4v) is 6.04. The topological polar surface area (TPSA) is 83.6 Å². The molecule has 0 unspecified atom stereocenters. The third-order valence-corrected chi connectivity index (χ3v) is 8.17. The van der Waals surface area contributed by atoms with Crippen LogP contribution in [0.5, 0.6) is 0 Å². The van der Waals surface area contributed by atoms with Gasteiger partial charge >= 0.3 is 5.97 Å². The number of carbonyl (C=O) groups is 1. The zero-order chi connectivity index (χ0) is 24.5. The van der Waals surface area contributed by atoms with Crippen molar-refractivity contribution in [3.63, 3.8) is 0 Å². The van der Waals surface area contributed by atoms with Crippen LogP contribution in [0.4, 0.5) is 4.39 Å². The molecule has 3 aromatic rings. The summed E-state index contributed by atoms with van der Waals surface area (Å²) in [7, 11) is 2.13. The summed E-state index contributed by atoms with van der Waals surface area (Å²) in [5, 5.41) is 19.6. The Kier molecular flexibility index (Phi) is 7.04. The molecule has 0 spiro atoms. The van der Waals surface area contributed by atoms with Gasteiger partial charge in [-0.1, -0.05) is 39.8 Å². The van der Waals surface area contributed by atoms with Gasteiger partial charge in [-0.3, -0.25) is 14.4 Å². The van der Waals surface area contributed by atoms with E-state index in [1.165, 1.54) is 6.07 Å². The molecule has 1 aromatic heterocycles. The summed E-state index contributed by atoms with van der Waals surface area (Å²) in [5.74, 6) is -0.714. The molecule has 3 heterocycles. The smallest absolute Gasteiger partial charge is 0.303 e. The molecule has 2 aliphatic rings. The first kappa shape index (κ1) is 24.1. The molecule has 0 radical (unpaired) electrons. The lowest BCUT2D eigenvalue weighted by molar-refractivity contribution is -0.137. The Bertz CT molecular complexity index is 1290. The minimum absolute atomic E-state index is 0.0803. The van der Waals surface area contributed by atoms with Crippen LogP contribution < -0.4 is 0 Å². The van der Waals surface area contributed by atoms with Crippen molar-refractivity contribution in [2.45, 2.75) is 42.1 Å². The second-order valence-corrected chi connectivity index (χ2v) is 11.0. The van der Waals surface area contributed by atoms with Crippen molar-refractivity contribution in [3.8, 4) is 5.69 Å². The molecule has 0 amide bonds. The van der Waals surface area contributed by atoms with Crippen LogP contribution in [0.25, 0.3) is 5.69 Å².